The number of methoxy groups -OCH3 is 2. The van der Waals surface area contributed by atoms with Crippen LogP contribution in [0.25, 0.3) is 0 Å². The summed E-state index contributed by atoms with van der Waals surface area (Å²) < 4.78 is 23.2. The molecule has 5 nitrogen and oxygen atoms in total. The molecule has 0 atom stereocenters. The molecule has 0 bridgehead atoms. The van der Waals surface area contributed by atoms with Crippen LogP contribution < -0.4 is 20.5 Å². The quantitative estimate of drug-likeness (QED) is 0.849. The maximum absolute atomic E-state index is 13.3. The zero-order chi connectivity index (χ0) is 15.4. The van der Waals surface area contributed by atoms with E-state index < -0.39 is 11.7 Å². The van der Waals surface area contributed by atoms with Crippen molar-refractivity contribution in [2.75, 3.05) is 25.3 Å². The highest BCUT2D eigenvalue weighted by Crippen LogP contribution is 2.24. The van der Waals surface area contributed by atoms with Crippen molar-refractivity contribution in [3.8, 4) is 11.5 Å². The number of nitrogen functional groups attached to an aromatic ring is 1. The minimum absolute atomic E-state index is 0.0514. The minimum atomic E-state index is -0.500. The molecule has 0 aliphatic rings. The second kappa shape index (κ2) is 6.13. The summed E-state index contributed by atoms with van der Waals surface area (Å²) in [6, 6.07) is 8.80. The highest BCUT2D eigenvalue weighted by molar-refractivity contribution is 6.07. The van der Waals surface area contributed by atoms with Crippen molar-refractivity contribution in [1.82, 2.24) is 0 Å². The number of hydrogen-bond acceptors (Lipinski definition) is 4. The molecule has 1 amide bonds. The van der Waals surface area contributed by atoms with E-state index in [1.54, 1.807) is 18.2 Å². The molecule has 0 aromatic heterocycles. The van der Waals surface area contributed by atoms with Gasteiger partial charge in [-0.2, -0.15) is 0 Å². The zero-order valence-electron chi connectivity index (χ0n) is 11.6. The van der Waals surface area contributed by atoms with Crippen LogP contribution in [0.2, 0.25) is 0 Å². The Labute approximate surface area is 121 Å². The van der Waals surface area contributed by atoms with E-state index in [1.165, 1.54) is 32.4 Å². The van der Waals surface area contributed by atoms with E-state index in [0.717, 1.165) is 0 Å². The standard InChI is InChI=1S/C15H15FN2O3/c1-20-10-4-5-11(13(17)8-10)15(19)18-9-3-6-12(16)14(7-9)21-2/h3-8H,17H2,1-2H3,(H,18,19). The van der Waals surface area contributed by atoms with Crippen LogP contribution >= 0.6 is 0 Å². The second-order valence-corrected chi connectivity index (χ2v) is 4.26. The fourth-order valence-electron chi connectivity index (χ4n) is 1.81. The lowest BCUT2D eigenvalue weighted by Crippen LogP contribution is -2.14. The lowest BCUT2D eigenvalue weighted by molar-refractivity contribution is 0.102. The number of amides is 1. The molecule has 0 heterocycles. The maximum atomic E-state index is 13.3. The van der Waals surface area contributed by atoms with E-state index in [-0.39, 0.29) is 5.75 Å². The van der Waals surface area contributed by atoms with Crippen molar-refractivity contribution in [1.29, 1.82) is 0 Å². The largest absolute Gasteiger partial charge is 0.497 e. The van der Waals surface area contributed by atoms with Gasteiger partial charge >= 0.3 is 0 Å². The molecular formula is C15H15FN2O3. The SMILES string of the molecule is COc1ccc(C(=O)Nc2ccc(F)c(OC)c2)c(N)c1. The number of anilines is 2. The molecule has 0 saturated carbocycles. The van der Waals surface area contributed by atoms with Crippen LogP contribution in [0.4, 0.5) is 15.8 Å². The van der Waals surface area contributed by atoms with Gasteiger partial charge in [-0.05, 0) is 24.3 Å². The van der Waals surface area contributed by atoms with Gasteiger partial charge in [-0.1, -0.05) is 0 Å². The van der Waals surface area contributed by atoms with E-state index in [0.29, 0.717) is 22.7 Å². The smallest absolute Gasteiger partial charge is 0.257 e. The predicted molar refractivity (Wildman–Crippen MR) is 78.3 cm³/mol. The Bertz CT molecular complexity index is 674. The van der Waals surface area contributed by atoms with Crippen LogP contribution in [0.5, 0.6) is 11.5 Å². The molecule has 6 heteroatoms. The number of nitrogens with two attached hydrogens (primary N) is 1. The number of hydrogen-bond donors (Lipinski definition) is 2. The summed E-state index contributed by atoms with van der Waals surface area (Å²) in [4.78, 5) is 12.2. The Kier molecular flexibility index (Phi) is 4.27. The van der Waals surface area contributed by atoms with E-state index in [9.17, 15) is 9.18 Å². The summed E-state index contributed by atoms with van der Waals surface area (Å²) in [5.41, 5.74) is 6.81. The third-order valence-electron chi connectivity index (χ3n) is 2.91. The van der Waals surface area contributed by atoms with Gasteiger partial charge in [-0.25, -0.2) is 4.39 Å². The van der Waals surface area contributed by atoms with E-state index >= 15 is 0 Å². The topological polar surface area (TPSA) is 73.6 Å². The van der Waals surface area contributed by atoms with Gasteiger partial charge in [0.2, 0.25) is 0 Å². The predicted octanol–water partition coefficient (Wildman–Crippen LogP) is 2.68. The highest BCUT2D eigenvalue weighted by Gasteiger charge is 2.12. The number of halogens is 1. The van der Waals surface area contributed by atoms with Crippen LogP contribution in [0.1, 0.15) is 10.4 Å². The van der Waals surface area contributed by atoms with Crippen LogP contribution in [0.3, 0.4) is 0 Å². The molecule has 0 aliphatic carbocycles. The summed E-state index contributed by atoms with van der Waals surface area (Å²) in [6.07, 6.45) is 0. The summed E-state index contributed by atoms with van der Waals surface area (Å²) in [6.45, 7) is 0. The van der Waals surface area contributed by atoms with Crippen molar-refractivity contribution in [3.05, 3.63) is 47.8 Å². The van der Waals surface area contributed by atoms with Crippen molar-refractivity contribution in [3.63, 3.8) is 0 Å². The number of carbonyl (C=O) groups is 1. The third kappa shape index (κ3) is 3.22. The maximum Gasteiger partial charge on any atom is 0.257 e. The number of benzene rings is 2. The number of carbonyl (C=O) groups excluding carboxylic acids is 1. The van der Waals surface area contributed by atoms with Gasteiger partial charge < -0.3 is 20.5 Å². The Morgan fingerprint density at radius 1 is 1.14 bits per heavy atom. The fourth-order valence-corrected chi connectivity index (χ4v) is 1.81. The van der Waals surface area contributed by atoms with Gasteiger partial charge in [0, 0.05) is 23.5 Å². The Morgan fingerprint density at radius 2 is 1.90 bits per heavy atom. The van der Waals surface area contributed by atoms with Gasteiger partial charge in [-0.3, -0.25) is 4.79 Å². The number of ether oxygens (including phenoxy) is 2. The van der Waals surface area contributed by atoms with Crippen LogP contribution in [-0.2, 0) is 0 Å². The molecule has 0 fully saturated rings. The molecule has 3 N–H and O–H groups in total. The van der Waals surface area contributed by atoms with Crippen molar-refractivity contribution >= 4 is 17.3 Å². The lowest BCUT2D eigenvalue weighted by Gasteiger charge is -2.10. The van der Waals surface area contributed by atoms with Gasteiger partial charge in [0.05, 0.1) is 19.8 Å². The Hall–Kier alpha value is -2.76. The molecule has 2 aromatic rings. The fraction of sp³-hybridized carbons (Fsp3) is 0.133. The van der Waals surface area contributed by atoms with Crippen LogP contribution in [0.15, 0.2) is 36.4 Å². The Balaban J connectivity index is 2.22. The monoisotopic (exact) mass is 290 g/mol. The molecule has 2 rings (SSSR count). The average molecular weight is 290 g/mol. The molecule has 110 valence electrons. The van der Waals surface area contributed by atoms with E-state index in [1.807, 2.05) is 0 Å². The summed E-state index contributed by atoms with van der Waals surface area (Å²) >= 11 is 0. The highest BCUT2D eigenvalue weighted by atomic mass is 19.1. The third-order valence-corrected chi connectivity index (χ3v) is 2.91. The Morgan fingerprint density at radius 3 is 2.52 bits per heavy atom. The van der Waals surface area contributed by atoms with E-state index in [4.69, 9.17) is 15.2 Å². The normalized spacial score (nSPS) is 10.0. The number of rotatable bonds is 4. The van der Waals surface area contributed by atoms with Gasteiger partial charge in [0.25, 0.3) is 5.91 Å². The van der Waals surface area contributed by atoms with Gasteiger partial charge in [0.1, 0.15) is 5.75 Å². The summed E-state index contributed by atoms with van der Waals surface area (Å²) in [7, 11) is 2.87. The van der Waals surface area contributed by atoms with Crippen LogP contribution in [0, 0.1) is 5.82 Å². The van der Waals surface area contributed by atoms with Crippen molar-refractivity contribution in [2.24, 2.45) is 0 Å². The average Bonchev–Trinajstić information content (AvgIpc) is 2.48. The first-order valence-electron chi connectivity index (χ1n) is 6.13. The molecule has 2 aromatic carbocycles. The molecule has 0 radical (unpaired) electrons. The van der Waals surface area contributed by atoms with Gasteiger partial charge in [0.15, 0.2) is 11.6 Å². The molecular weight excluding hydrogens is 275 g/mol. The number of nitrogens with one attached hydrogen (secondary N) is 1. The van der Waals surface area contributed by atoms with Crippen molar-refractivity contribution < 1.29 is 18.7 Å². The molecule has 0 aliphatic heterocycles. The first kappa shape index (κ1) is 14.6. The summed E-state index contributed by atoms with van der Waals surface area (Å²) in [5, 5.41) is 2.63. The molecule has 0 saturated heterocycles. The van der Waals surface area contributed by atoms with Crippen molar-refractivity contribution in [2.45, 2.75) is 0 Å². The first-order valence-corrected chi connectivity index (χ1v) is 6.13. The lowest BCUT2D eigenvalue weighted by atomic mass is 10.1. The van der Waals surface area contributed by atoms with E-state index in [2.05, 4.69) is 5.32 Å². The minimum Gasteiger partial charge on any atom is -0.497 e. The molecule has 21 heavy (non-hydrogen) atoms. The zero-order valence-corrected chi connectivity index (χ0v) is 11.6. The summed E-state index contributed by atoms with van der Waals surface area (Å²) in [5.74, 6) is -0.286. The molecule has 0 unspecified atom stereocenters. The second-order valence-electron chi connectivity index (χ2n) is 4.26. The molecule has 0 spiro atoms. The van der Waals surface area contributed by atoms with Gasteiger partial charge in [-0.15, -0.1) is 0 Å². The van der Waals surface area contributed by atoms with Crippen LogP contribution in [-0.4, -0.2) is 20.1 Å². The first-order chi connectivity index (χ1) is 10.0.